The second kappa shape index (κ2) is 10.1. The molecular weight excluding hydrogens is 436 g/mol. The molecule has 0 radical (unpaired) electrons. The van der Waals surface area contributed by atoms with E-state index in [-0.39, 0.29) is 11.8 Å². The van der Waals surface area contributed by atoms with E-state index in [1.54, 1.807) is 24.1 Å². The fourth-order valence-corrected chi connectivity index (χ4v) is 4.76. The largest absolute Gasteiger partial charge is 0.490 e. The summed E-state index contributed by atoms with van der Waals surface area (Å²) < 4.78 is 11.5. The van der Waals surface area contributed by atoms with Crippen LogP contribution in [0, 0.1) is 0 Å². The van der Waals surface area contributed by atoms with Crippen molar-refractivity contribution in [1.82, 2.24) is 4.90 Å². The number of amides is 2. The number of fused-ring (bicyclic) bond motifs is 1. The van der Waals surface area contributed by atoms with Gasteiger partial charge in [0.2, 0.25) is 0 Å². The molecule has 2 aromatic carbocycles. The van der Waals surface area contributed by atoms with Crippen LogP contribution >= 0.6 is 11.3 Å². The minimum absolute atomic E-state index is 0.0890. The van der Waals surface area contributed by atoms with E-state index in [1.807, 2.05) is 60.5 Å². The fourth-order valence-electron chi connectivity index (χ4n) is 4.07. The molecule has 0 atom stereocenters. The lowest BCUT2D eigenvalue weighted by Gasteiger charge is -2.31. The molecule has 0 bridgehead atoms. The molecular formula is C26H28N2O4S. The molecule has 33 heavy (non-hydrogen) atoms. The normalized spacial score (nSPS) is 12.8. The van der Waals surface area contributed by atoms with Crippen LogP contribution in [0.5, 0.6) is 11.5 Å². The first kappa shape index (κ1) is 22.9. The number of rotatable bonds is 7. The highest BCUT2D eigenvalue weighted by atomic mass is 32.1. The molecule has 1 aromatic heterocycles. The minimum atomic E-state index is -0.126. The van der Waals surface area contributed by atoms with Gasteiger partial charge in [0.05, 0.1) is 29.3 Å². The van der Waals surface area contributed by atoms with E-state index in [0.29, 0.717) is 48.2 Å². The van der Waals surface area contributed by atoms with Gasteiger partial charge in [-0.3, -0.25) is 9.59 Å². The van der Waals surface area contributed by atoms with Crippen molar-refractivity contribution in [3.05, 3.63) is 75.5 Å². The molecule has 4 rings (SSSR count). The molecule has 0 saturated heterocycles. The molecule has 0 spiro atoms. The molecule has 0 aliphatic carbocycles. The summed E-state index contributed by atoms with van der Waals surface area (Å²) in [7, 11) is 1.71. The molecule has 0 fully saturated rings. The summed E-state index contributed by atoms with van der Waals surface area (Å²) >= 11 is 1.39. The third kappa shape index (κ3) is 4.73. The number of hydrogen-bond acceptors (Lipinski definition) is 5. The van der Waals surface area contributed by atoms with Gasteiger partial charge in [0.25, 0.3) is 11.8 Å². The number of carbonyl (C=O) groups excluding carboxylic acids is 2. The van der Waals surface area contributed by atoms with Crippen molar-refractivity contribution < 1.29 is 19.1 Å². The Balaban J connectivity index is 1.59. The summed E-state index contributed by atoms with van der Waals surface area (Å²) in [5, 5.41) is 1.87. The number of hydrogen-bond donors (Lipinski definition) is 0. The average Bonchev–Trinajstić information content (AvgIpc) is 3.38. The number of ether oxygens (including phenoxy) is 2. The van der Waals surface area contributed by atoms with E-state index in [0.717, 1.165) is 17.7 Å². The van der Waals surface area contributed by atoms with Crippen LogP contribution in [0.3, 0.4) is 0 Å². The molecule has 1 aliphatic heterocycles. The maximum atomic E-state index is 13.6. The van der Waals surface area contributed by atoms with Crippen molar-refractivity contribution in [2.45, 2.75) is 26.8 Å². The molecule has 172 valence electrons. The van der Waals surface area contributed by atoms with E-state index in [1.165, 1.54) is 16.9 Å². The third-order valence-corrected chi connectivity index (χ3v) is 6.56. The first-order valence-corrected chi connectivity index (χ1v) is 12.0. The van der Waals surface area contributed by atoms with Gasteiger partial charge in [-0.05, 0) is 67.1 Å². The van der Waals surface area contributed by atoms with Gasteiger partial charge < -0.3 is 19.3 Å². The zero-order valence-corrected chi connectivity index (χ0v) is 20.0. The molecule has 0 unspecified atom stereocenters. The summed E-state index contributed by atoms with van der Waals surface area (Å²) in [6.07, 6.45) is 0.736. The Labute approximate surface area is 198 Å². The van der Waals surface area contributed by atoms with Gasteiger partial charge >= 0.3 is 0 Å². The highest BCUT2D eigenvalue weighted by molar-refractivity contribution is 7.12. The summed E-state index contributed by atoms with van der Waals surface area (Å²) in [6.45, 7) is 6.08. The minimum Gasteiger partial charge on any atom is -0.490 e. The zero-order valence-electron chi connectivity index (χ0n) is 19.2. The SMILES string of the molecule is CCOc1cc2c(cc1OCC)CN(C(=O)c1ccccc1N(C)C(=O)c1cccs1)CC2. The van der Waals surface area contributed by atoms with Gasteiger partial charge in [0.15, 0.2) is 11.5 Å². The standard InChI is InChI=1S/C26H28N2O4S/c1-4-31-22-15-18-12-13-28(17-19(18)16-23(22)32-5-2)25(29)20-9-6-7-10-21(20)27(3)26(30)24-11-8-14-33-24/h6-11,14-16H,4-5,12-13,17H2,1-3H3. The predicted molar refractivity (Wildman–Crippen MR) is 131 cm³/mol. The summed E-state index contributed by atoms with van der Waals surface area (Å²) in [5.74, 6) is 1.24. The van der Waals surface area contributed by atoms with E-state index in [2.05, 4.69) is 0 Å². The number of carbonyl (C=O) groups is 2. The number of thiophene rings is 1. The summed E-state index contributed by atoms with van der Waals surface area (Å²) in [6, 6.07) is 14.9. The zero-order chi connectivity index (χ0) is 23.4. The van der Waals surface area contributed by atoms with Crippen molar-refractivity contribution in [1.29, 1.82) is 0 Å². The van der Waals surface area contributed by atoms with Crippen LogP contribution in [0.1, 0.15) is 45.0 Å². The van der Waals surface area contributed by atoms with Crippen LogP contribution in [0.2, 0.25) is 0 Å². The first-order valence-electron chi connectivity index (χ1n) is 11.1. The van der Waals surface area contributed by atoms with Gasteiger partial charge in [0.1, 0.15) is 0 Å². The number of benzene rings is 2. The molecule has 2 amide bonds. The summed E-state index contributed by atoms with van der Waals surface area (Å²) in [5.41, 5.74) is 3.35. The van der Waals surface area contributed by atoms with Crippen molar-refractivity contribution >= 4 is 28.8 Å². The van der Waals surface area contributed by atoms with Gasteiger partial charge in [0, 0.05) is 20.1 Å². The van der Waals surface area contributed by atoms with Gasteiger partial charge in [-0.25, -0.2) is 0 Å². The van der Waals surface area contributed by atoms with Crippen LogP contribution < -0.4 is 14.4 Å². The number of para-hydroxylation sites is 1. The summed E-state index contributed by atoms with van der Waals surface area (Å²) in [4.78, 5) is 30.5. The van der Waals surface area contributed by atoms with Crippen LogP contribution in [-0.4, -0.2) is 43.5 Å². The van der Waals surface area contributed by atoms with Crippen LogP contribution in [-0.2, 0) is 13.0 Å². The topological polar surface area (TPSA) is 59.1 Å². The Morgan fingerprint density at radius 1 is 1.00 bits per heavy atom. The Kier molecular flexibility index (Phi) is 6.99. The molecule has 0 saturated carbocycles. The van der Waals surface area contributed by atoms with E-state index in [4.69, 9.17) is 9.47 Å². The quantitative estimate of drug-likeness (QED) is 0.493. The highest BCUT2D eigenvalue weighted by Gasteiger charge is 2.27. The van der Waals surface area contributed by atoms with E-state index < -0.39 is 0 Å². The van der Waals surface area contributed by atoms with Gasteiger partial charge in [-0.2, -0.15) is 0 Å². The maximum Gasteiger partial charge on any atom is 0.268 e. The van der Waals surface area contributed by atoms with Crippen molar-refractivity contribution in [2.75, 3.05) is 31.7 Å². The second-order valence-electron chi connectivity index (χ2n) is 7.77. The van der Waals surface area contributed by atoms with Crippen LogP contribution in [0.25, 0.3) is 0 Å². The lowest BCUT2D eigenvalue weighted by Crippen LogP contribution is -2.37. The second-order valence-corrected chi connectivity index (χ2v) is 8.72. The van der Waals surface area contributed by atoms with Gasteiger partial charge in [-0.15, -0.1) is 11.3 Å². The fraction of sp³-hybridized carbons (Fsp3) is 0.308. The smallest absolute Gasteiger partial charge is 0.268 e. The number of nitrogens with zero attached hydrogens (tertiary/aromatic N) is 2. The molecule has 0 N–H and O–H groups in total. The van der Waals surface area contributed by atoms with Crippen molar-refractivity contribution in [2.24, 2.45) is 0 Å². The molecule has 2 heterocycles. The van der Waals surface area contributed by atoms with Crippen molar-refractivity contribution in [3.63, 3.8) is 0 Å². The Morgan fingerprint density at radius 2 is 1.70 bits per heavy atom. The highest BCUT2D eigenvalue weighted by Crippen LogP contribution is 2.34. The maximum absolute atomic E-state index is 13.6. The Hall–Kier alpha value is -3.32. The van der Waals surface area contributed by atoms with Gasteiger partial charge in [-0.1, -0.05) is 18.2 Å². The lowest BCUT2D eigenvalue weighted by molar-refractivity contribution is 0.0735. The molecule has 1 aliphatic rings. The van der Waals surface area contributed by atoms with Crippen LogP contribution in [0.15, 0.2) is 53.9 Å². The Morgan fingerprint density at radius 3 is 2.36 bits per heavy atom. The molecule has 3 aromatic rings. The lowest BCUT2D eigenvalue weighted by atomic mass is 9.98. The number of anilines is 1. The molecule has 6 nitrogen and oxygen atoms in total. The first-order chi connectivity index (χ1) is 16.0. The predicted octanol–water partition coefficient (Wildman–Crippen LogP) is 5.02. The monoisotopic (exact) mass is 464 g/mol. The van der Waals surface area contributed by atoms with E-state index in [9.17, 15) is 9.59 Å². The third-order valence-electron chi connectivity index (χ3n) is 5.70. The molecule has 7 heteroatoms. The van der Waals surface area contributed by atoms with Crippen molar-refractivity contribution in [3.8, 4) is 11.5 Å². The van der Waals surface area contributed by atoms with E-state index >= 15 is 0 Å². The average molecular weight is 465 g/mol. The van der Waals surface area contributed by atoms with Crippen LogP contribution in [0.4, 0.5) is 5.69 Å². The Bertz CT molecular complexity index is 1140.